The molecule has 1 heterocycles. The van der Waals surface area contributed by atoms with Gasteiger partial charge < -0.3 is 14.4 Å². The van der Waals surface area contributed by atoms with Crippen LogP contribution in [0.25, 0.3) is 0 Å². The molecule has 1 aliphatic rings. The molecule has 0 atom stereocenters. The molecular weight excluding hydrogens is 234 g/mol. The normalized spacial score (nSPS) is 15.1. The number of likely N-dealkylation sites (N-methyl/N-ethyl adjacent to an activating group) is 1. The monoisotopic (exact) mass is 255 g/mol. The van der Waals surface area contributed by atoms with Crippen LogP contribution in [0.15, 0.2) is 11.3 Å². The van der Waals surface area contributed by atoms with Gasteiger partial charge in [-0.15, -0.1) is 0 Å². The SMILES string of the molecule is CCOC(=O)CCN(C)C(=O)C1=C(C)OCCC1. The van der Waals surface area contributed by atoms with E-state index in [4.69, 9.17) is 9.47 Å². The van der Waals surface area contributed by atoms with Crippen LogP contribution < -0.4 is 0 Å². The van der Waals surface area contributed by atoms with Crippen LogP contribution in [0.2, 0.25) is 0 Å². The van der Waals surface area contributed by atoms with Gasteiger partial charge in [-0.3, -0.25) is 9.59 Å². The topological polar surface area (TPSA) is 55.8 Å². The van der Waals surface area contributed by atoms with E-state index in [-0.39, 0.29) is 18.3 Å². The Morgan fingerprint density at radius 2 is 2.17 bits per heavy atom. The third kappa shape index (κ3) is 4.05. The third-order valence-corrected chi connectivity index (χ3v) is 2.88. The number of allylic oxidation sites excluding steroid dienone is 1. The average Bonchev–Trinajstić information content (AvgIpc) is 2.36. The smallest absolute Gasteiger partial charge is 0.307 e. The second-order valence-corrected chi connectivity index (χ2v) is 4.27. The van der Waals surface area contributed by atoms with Crippen LogP contribution in [0.4, 0.5) is 0 Å². The lowest BCUT2D eigenvalue weighted by atomic mass is 10.1. The van der Waals surface area contributed by atoms with E-state index in [9.17, 15) is 9.59 Å². The summed E-state index contributed by atoms with van der Waals surface area (Å²) in [7, 11) is 1.69. The van der Waals surface area contributed by atoms with Crippen LogP contribution in [-0.4, -0.2) is 43.6 Å². The molecule has 0 aliphatic carbocycles. The fourth-order valence-electron chi connectivity index (χ4n) is 1.82. The molecule has 1 amide bonds. The van der Waals surface area contributed by atoms with Crippen molar-refractivity contribution in [2.75, 3.05) is 26.8 Å². The van der Waals surface area contributed by atoms with Crippen molar-refractivity contribution in [3.05, 3.63) is 11.3 Å². The molecule has 0 N–H and O–H groups in total. The zero-order chi connectivity index (χ0) is 13.5. The maximum absolute atomic E-state index is 12.1. The molecule has 0 aromatic heterocycles. The standard InChI is InChI=1S/C13H21NO4/c1-4-17-12(15)7-8-14(3)13(16)11-6-5-9-18-10(11)2/h4-9H2,1-3H3. The summed E-state index contributed by atoms with van der Waals surface area (Å²) in [5.74, 6) is 0.369. The zero-order valence-electron chi connectivity index (χ0n) is 11.3. The average molecular weight is 255 g/mol. The van der Waals surface area contributed by atoms with E-state index in [1.165, 1.54) is 0 Å². The van der Waals surface area contributed by atoms with Crippen LogP contribution >= 0.6 is 0 Å². The van der Waals surface area contributed by atoms with Gasteiger partial charge in [0.2, 0.25) is 0 Å². The lowest BCUT2D eigenvalue weighted by molar-refractivity contribution is -0.143. The van der Waals surface area contributed by atoms with E-state index in [1.807, 2.05) is 6.92 Å². The second-order valence-electron chi connectivity index (χ2n) is 4.27. The minimum absolute atomic E-state index is 0.0588. The fraction of sp³-hybridized carbons (Fsp3) is 0.692. The van der Waals surface area contributed by atoms with Crippen LogP contribution in [0, 0.1) is 0 Å². The van der Waals surface area contributed by atoms with Gasteiger partial charge >= 0.3 is 5.97 Å². The predicted octanol–water partition coefficient (Wildman–Crippen LogP) is 1.48. The molecule has 0 fully saturated rings. The van der Waals surface area contributed by atoms with E-state index < -0.39 is 0 Å². The van der Waals surface area contributed by atoms with Crippen molar-refractivity contribution in [2.45, 2.75) is 33.1 Å². The highest BCUT2D eigenvalue weighted by atomic mass is 16.5. The minimum Gasteiger partial charge on any atom is -0.498 e. The van der Waals surface area contributed by atoms with Gasteiger partial charge in [-0.05, 0) is 26.7 Å². The number of carbonyl (C=O) groups is 2. The molecule has 18 heavy (non-hydrogen) atoms. The number of amides is 1. The number of hydrogen-bond acceptors (Lipinski definition) is 4. The van der Waals surface area contributed by atoms with Gasteiger partial charge in [0.05, 0.1) is 25.2 Å². The molecule has 1 aliphatic heterocycles. The molecule has 0 unspecified atom stereocenters. The molecule has 0 aromatic carbocycles. The minimum atomic E-state index is -0.275. The molecule has 0 saturated carbocycles. The second kappa shape index (κ2) is 7.03. The van der Waals surface area contributed by atoms with Crippen molar-refractivity contribution < 1.29 is 19.1 Å². The van der Waals surface area contributed by atoms with E-state index in [1.54, 1.807) is 18.9 Å². The fourth-order valence-corrected chi connectivity index (χ4v) is 1.82. The Hall–Kier alpha value is -1.52. The number of nitrogens with zero attached hydrogens (tertiary/aromatic N) is 1. The molecule has 0 spiro atoms. The summed E-state index contributed by atoms with van der Waals surface area (Å²) in [6, 6.07) is 0. The van der Waals surface area contributed by atoms with Gasteiger partial charge in [0, 0.05) is 13.6 Å². The highest BCUT2D eigenvalue weighted by molar-refractivity contribution is 5.94. The molecule has 0 bridgehead atoms. The van der Waals surface area contributed by atoms with Crippen molar-refractivity contribution in [2.24, 2.45) is 0 Å². The van der Waals surface area contributed by atoms with E-state index in [0.717, 1.165) is 12.8 Å². The molecule has 1 rings (SSSR count). The zero-order valence-corrected chi connectivity index (χ0v) is 11.3. The van der Waals surface area contributed by atoms with Crippen molar-refractivity contribution in [1.29, 1.82) is 0 Å². The summed E-state index contributed by atoms with van der Waals surface area (Å²) in [5.41, 5.74) is 0.715. The number of ether oxygens (including phenoxy) is 2. The molecular formula is C13H21NO4. The first kappa shape index (κ1) is 14.5. The first-order chi connectivity index (χ1) is 8.56. The van der Waals surface area contributed by atoms with Gasteiger partial charge in [-0.2, -0.15) is 0 Å². The lowest BCUT2D eigenvalue weighted by Gasteiger charge is -2.23. The Kier molecular flexibility index (Phi) is 5.68. The predicted molar refractivity (Wildman–Crippen MR) is 66.8 cm³/mol. The number of carbonyl (C=O) groups excluding carboxylic acids is 2. The van der Waals surface area contributed by atoms with E-state index >= 15 is 0 Å². The Morgan fingerprint density at radius 3 is 2.78 bits per heavy atom. The molecule has 5 nitrogen and oxygen atoms in total. The van der Waals surface area contributed by atoms with Gasteiger partial charge in [-0.25, -0.2) is 0 Å². The van der Waals surface area contributed by atoms with Crippen molar-refractivity contribution in [1.82, 2.24) is 4.90 Å². The summed E-state index contributed by atoms with van der Waals surface area (Å²) in [5, 5.41) is 0. The molecule has 5 heteroatoms. The van der Waals surface area contributed by atoms with Gasteiger partial charge in [0.25, 0.3) is 5.91 Å². The highest BCUT2D eigenvalue weighted by Gasteiger charge is 2.21. The Bertz CT molecular complexity index is 349. The van der Waals surface area contributed by atoms with Crippen LogP contribution in [-0.2, 0) is 19.1 Å². The summed E-state index contributed by atoms with van der Waals surface area (Å²) in [6.45, 7) is 4.99. The van der Waals surface area contributed by atoms with Crippen LogP contribution in [0.1, 0.15) is 33.1 Å². The number of rotatable bonds is 5. The first-order valence-electron chi connectivity index (χ1n) is 6.30. The van der Waals surface area contributed by atoms with Gasteiger partial charge in [-0.1, -0.05) is 0 Å². The summed E-state index contributed by atoms with van der Waals surface area (Å²) >= 11 is 0. The Balaban J connectivity index is 2.48. The van der Waals surface area contributed by atoms with Crippen LogP contribution in [0.3, 0.4) is 0 Å². The van der Waals surface area contributed by atoms with Crippen LogP contribution in [0.5, 0.6) is 0 Å². The highest BCUT2D eigenvalue weighted by Crippen LogP contribution is 2.20. The first-order valence-corrected chi connectivity index (χ1v) is 6.30. The maximum atomic E-state index is 12.1. The van der Waals surface area contributed by atoms with Crippen molar-refractivity contribution in [3.8, 4) is 0 Å². The van der Waals surface area contributed by atoms with E-state index in [0.29, 0.717) is 31.1 Å². The number of esters is 1. The summed E-state index contributed by atoms with van der Waals surface area (Å²) < 4.78 is 10.2. The lowest BCUT2D eigenvalue weighted by Crippen LogP contribution is -2.32. The molecule has 102 valence electrons. The molecule has 0 saturated heterocycles. The maximum Gasteiger partial charge on any atom is 0.307 e. The molecule has 0 aromatic rings. The third-order valence-electron chi connectivity index (χ3n) is 2.88. The summed E-state index contributed by atoms with van der Waals surface area (Å²) in [4.78, 5) is 24.9. The Labute approximate surface area is 108 Å². The number of hydrogen-bond donors (Lipinski definition) is 0. The Morgan fingerprint density at radius 1 is 1.44 bits per heavy atom. The quantitative estimate of drug-likeness (QED) is 0.698. The largest absolute Gasteiger partial charge is 0.498 e. The van der Waals surface area contributed by atoms with Crippen molar-refractivity contribution in [3.63, 3.8) is 0 Å². The van der Waals surface area contributed by atoms with Crippen molar-refractivity contribution >= 4 is 11.9 Å². The molecule has 0 radical (unpaired) electrons. The van der Waals surface area contributed by atoms with Gasteiger partial charge in [0.15, 0.2) is 0 Å². The summed E-state index contributed by atoms with van der Waals surface area (Å²) in [6.07, 6.45) is 1.84. The van der Waals surface area contributed by atoms with Gasteiger partial charge in [0.1, 0.15) is 5.76 Å². The van der Waals surface area contributed by atoms with E-state index in [2.05, 4.69) is 0 Å².